The molecule has 4 heteroatoms. The standard InChI is InChI=1S/C12H13N3O/c1-16-12-7-9(4-5-15-12)8-2-3-10(13)11(14)6-8/h2-7H,13-14H2,1H3. The minimum atomic E-state index is 0.577. The van der Waals surface area contributed by atoms with Crippen molar-refractivity contribution >= 4 is 11.4 Å². The predicted octanol–water partition coefficient (Wildman–Crippen LogP) is 1.92. The Kier molecular flexibility index (Phi) is 2.64. The maximum absolute atomic E-state index is 5.76. The van der Waals surface area contributed by atoms with E-state index in [-0.39, 0.29) is 0 Å². The van der Waals surface area contributed by atoms with Crippen molar-refractivity contribution in [2.75, 3.05) is 18.6 Å². The molecule has 16 heavy (non-hydrogen) atoms. The molecule has 0 fully saturated rings. The third kappa shape index (κ3) is 1.91. The minimum absolute atomic E-state index is 0.577. The molecule has 0 aliphatic heterocycles. The molecule has 0 unspecified atom stereocenters. The number of methoxy groups -OCH3 is 1. The first-order valence-corrected chi connectivity index (χ1v) is 4.86. The molecule has 0 amide bonds. The van der Waals surface area contributed by atoms with E-state index >= 15 is 0 Å². The van der Waals surface area contributed by atoms with Gasteiger partial charge in [-0.1, -0.05) is 6.07 Å². The Balaban J connectivity index is 2.46. The van der Waals surface area contributed by atoms with Crippen molar-refractivity contribution in [3.8, 4) is 17.0 Å². The Morgan fingerprint density at radius 3 is 2.44 bits per heavy atom. The lowest BCUT2D eigenvalue weighted by Crippen LogP contribution is -1.94. The van der Waals surface area contributed by atoms with Gasteiger partial charge in [0.1, 0.15) is 0 Å². The predicted molar refractivity (Wildman–Crippen MR) is 65.0 cm³/mol. The van der Waals surface area contributed by atoms with Crippen molar-refractivity contribution in [2.24, 2.45) is 0 Å². The van der Waals surface area contributed by atoms with Gasteiger partial charge in [-0.25, -0.2) is 4.98 Å². The number of nitrogens with zero attached hydrogens (tertiary/aromatic N) is 1. The van der Waals surface area contributed by atoms with E-state index in [0.29, 0.717) is 17.3 Å². The van der Waals surface area contributed by atoms with Gasteiger partial charge < -0.3 is 16.2 Å². The summed E-state index contributed by atoms with van der Waals surface area (Å²) in [5, 5.41) is 0. The maximum Gasteiger partial charge on any atom is 0.213 e. The Labute approximate surface area is 93.9 Å². The van der Waals surface area contributed by atoms with Gasteiger partial charge in [-0.05, 0) is 29.3 Å². The topological polar surface area (TPSA) is 74.2 Å². The molecule has 2 aromatic rings. The number of aromatic nitrogens is 1. The number of hydrogen-bond acceptors (Lipinski definition) is 4. The zero-order valence-electron chi connectivity index (χ0n) is 8.97. The second-order valence-electron chi connectivity index (χ2n) is 3.43. The lowest BCUT2D eigenvalue weighted by atomic mass is 10.1. The highest BCUT2D eigenvalue weighted by atomic mass is 16.5. The van der Waals surface area contributed by atoms with Crippen LogP contribution in [0.5, 0.6) is 5.88 Å². The molecular formula is C12H13N3O. The molecule has 1 aromatic heterocycles. The molecule has 0 spiro atoms. The summed E-state index contributed by atoms with van der Waals surface area (Å²) in [4.78, 5) is 4.05. The van der Waals surface area contributed by atoms with Gasteiger partial charge in [0.25, 0.3) is 0 Å². The molecule has 1 aromatic carbocycles. The average Bonchev–Trinajstić information content (AvgIpc) is 2.33. The van der Waals surface area contributed by atoms with E-state index in [1.165, 1.54) is 0 Å². The molecule has 82 valence electrons. The first-order valence-electron chi connectivity index (χ1n) is 4.86. The summed E-state index contributed by atoms with van der Waals surface area (Å²) in [7, 11) is 1.59. The van der Waals surface area contributed by atoms with E-state index in [1.54, 1.807) is 19.4 Å². The van der Waals surface area contributed by atoms with Crippen LogP contribution in [-0.2, 0) is 0 Å². The van der Waals surface area contributed by atoms with Crippen molar-refractivity contribution in [2.45, 2.75) is 0 Å². The summed E-state index contributed by atoms with van der Waals surface area (Å²) >= 11 is 0. The van der Waals surface area contributed by atoms with Crippen molar-refractivity contribution < 1.29 is 4.74 Å². The van der Waals surface area contributed by atoms with Crippen LogP contribution in [0.25, 0.3) is 11.1 Å². The first kappa shape index (κ1) is 10.3. The number of benzene rings is 1. The third-order valence-corrected chi connectivity index (χ3v) is 2.36. The summed E-state index contributed by atoms with van der Waals surface area (Å²) in [6.07, 6.45) is 1.70. The van der Waals surface area contributed by atoms with Crippen LogP contribution in [0.2, 0.25) is 0 Å². The van der Waals surface area contributed by atoms with E-state index in [4.69, 9.17) is 16.2 Å². The van der Waals surface area contributed by atoms with Crippen molar-refractivity contribution in [3.63, 3.8) is 0 Å². The molecule has 0 radical (unpaired) electrons. The minimum Gasteiger partial charge on any atom is -0.481 e. The fourth-order valence-corrected chi connectivity index (χ4v) is 1.45. The van der Waals surface area contributed by atoms with Crippen LogP contribution in [0.1, 0.15) is 0 Å². The van der Waals surface area contributed by atoms with Crippen LogP contribution in [0.4, 0.5) is 11.4 Å². The quantitative estimate of drug-likeness (QED) is 0.750. The van der Waals surface area contributed by atoms with Gasteiger partial charge in [0.05, 0.1) is 18.5 Å². The van der Waals surface area contributed by atoms with Gasteiger partial charge in [0, 0.05) is 12.3 Å². The maximum atomic E-state index is 5.76. The zero-order chi connectivity index (χ0) is 11.5. The summed E-state index contributed by atoms with van der Waals surface area (Å²) in [6.45, 7) is 0. The molecule has 0 saturated heterocycles. The van der Waals surface area contributed by atoms with Gasteiger partial charge in [0.15, 0.2) is 0 Å². The Morgan fingerprint density at radius 2 is 1.75 bits per heavy atom. The highest BCUT2D eigenvalue weighted by molar-refractivity contribution is 5.74. The molecule has 0 saturated carbocycles. The molecule has 0 aliphatic carbocycles. The summed E-state index contributed by atoms with van der Waals surface area (Å²) in [6, 6.07) is 9.29. The second kappa shape index (κ2) is 4.10. The Bertz CT molecular complexity index is 511. The lowest BCUT2D eigenvalue weighted by molar-refractivity contribution is 0.398. The molecule has 4 N–H and O–H groups in total. The fourth-order valence-electron chi connectivity index (χ4n) is 1.45. The third-order valence-electron chi connectivity index (χ3n) is 2.36. The monoisotopic (exact) mass is 215 g/mol. The zero-order valence-corrected chi connectivity index (χ0v) is 8.97. The van der Waals surface area contributed by atoms with E-state index in [2.05, 4.69) is 4.98 Å². The smallest absolute Gasteiger partial charge is 0.213 e. The number of hydrogen-bond donors (Lipinski definition) is 2. The van der Waals surface area contributed by atoms with Crippen LogP contribution in [-0.4, -0.2) is 12.1 Å². The fraction of sp³-hybridized carbons (Fsp3) is 0.0833. The van der Waals surface area contributed by atoms with Gasteiger partial charge in [-0.2, -0.15) is 0 Å². The normalized spacial score (nSPS) is 10.1. The van der Waals surface area contributed by atoms with Crippen molar-refractivity contribution in [1.82, 2.24) is 4.98 Å². The van der Waals surface area contributed by atoms with Gasteiger partial charge in [0.2, 0.25) is 5.88 Å². The van der Waals surface area contributed by atoms with Gasteiger partial charge >= 0.3 is 0 Å². The van der Waals surface area contributed by atoms with Crippen LogP contribution in [0.15, 0.2) is 36.5 Å². The van der Waals surface area contributed by atoms with Crippen molar-refractivity contribution in [3.05, 3.63) is 36.5 Å². The number of anilines is 2. The molecule has 0 aliphatic rings. The summed E-state index contributed by atoms with van der Waals surface area (Å²) in [5.41, 5.74) is 14.6. The van der Waals surface area contributed by atoms with E-state index < -0.39 is 0 Å². The first-order chi connectivity index (χ1) is 7.70. The van der Waals surface area contributed by atoms with E-state index in [0.717, 1.165) is 11.1 Å². The average molecular weight is 215 g/mol. The van der Waals surface area contributed by atoms with E-state index in [1.807, 2.05) is 24.3 Å². The molecule has 2 rings (SSSR count). The van der Waals surface area contributed by atoms with Gasteiger partial charge in [-0.15, -0.1) is 0 Å². The lowest BCUT2D eigenvalue weighted by Gasteiger charge is -2.06. The number of nitrogen functional groups attached to an aromatic ring is 2. The largest absolute Gasteiger partial charge is 0.481 e. The molecule has 0 bridgehead atoms. The molecular weight excluding hydrogens is 202 g/mol. The Morgan fingerprint density at radius 1 is 1.00 bits per heavy atom. The molecule has 0 atom stereocenters. The number of pyridine rings is 1. The molecule has 1 heterocycles. The Hall–Kier alpha value is -2.23. The number of rotatable bonds is 2. The van der Waals surface area contributed by atoms with Crippen LogP contribution < -0.4 is 16.2 Å². The highest BCUT2D eigenvalue weighted by Crippen LogP contribution is 2.26. The van der Waals surface area contributed by atoms with E-state index in [9.17, 15) is 0 Å². The molecule has 4 nitrogen and oxygen atoms in total. The van der Waals surface area contributed by atoms with Crippen LogP contribution >= 0.6 is 0 Å². The van der Waals surface area contributed by atoms with Crippen molar-refractivity contribution in [1.29, 1.82) is 0 Å². The number of ether oxygens (including phenoxy) is 1. The van der Waals surface area contributed by atoms with Gasteiger partial charge in [-0.3, -0.25) is 0 Å². The van der Waals surface area contributed by atoms with Crippen LogP contribution in [0.3, 0.4) is 0 Å². The summed E-state index contributed by atoms with van der Waals surface area (Å²) in [5.74, 6) is 0.577. The SMILES string of the molecule is COc1cc(-c2ccc(N)c(N)c2)ccn1. The highest BCUT2D eigenvalue weighted by Gasteiger charge is 2.02. The summed E-state index contributed by atoms with van der Waals surface area (Å²) < 4.78 is 5.06. The number of nitrogens with two attached hydrogens (primary N) is 2. The van der Waals surface area contributed by atoms with Crippen LogP contribution in [0, 0.1) is 0 Å². The second-order valence-corrected chi connectivity index (χ2v) is 3.43.